The Labute approximate surface area is 151 Å². The molecule has 2 amide bonds. The SMILES string of the molecule is CC1[C@H](C)CNC(=O)c2cc3ccc(C(=O)Nc4cccnc4)cc3n21. The van der Waals surface area contributed by atoms with Crippen molar-refractivity contribution in [2.24, 2.45) is 5.92 Å². The monoisotopic (exact) mass is 348 g/mol. The quantitative estimate of drug-likeness (QED) is 0.746. The summed E-state index contributed by atoms with van der Waals surface area (Å²) in [5, 5.41) is 6.76. The molecule has 0 saturated carbocycles. The van der Waals surface area contributed by atoms with Gasteiger partial charge in [0.15, 0.2) is 0 Å². The molecule has 4 rings (SSSR count). The second kappa shape index (κ2) is 6.29. The molecule has 1 aliphatic heterocycles. The third kappa shape index (κ3) is 2.73. The van der Waals surface area contributed by atoms with Crippen molar-refractivity contribution in [3.05, 3.63) is 60.0 Å². The van der Waals surface area contributed by atoms with E-state index in [0.717, 1.165) is 10.9 Å². The number of carbonyl (C=O) groups excluding carboxylic acids is 2. The highest BCUT2D eigenvalue weighted by molar-refractivity contribution is 6.07. The second-order valence-electron chi connectivity index (χ2n) is 6.80. The van der Waals surface area contributed by atoms with Gasteiger partial charge in [0.1, 0.15) is 5.69 Å². The zero-order valence-corrected chi connectivity index (χ0v) is 14.7. The van der Waals surface area contributed by atoms with Crippen molar-refractivity contribution in [2.45, 2.75) is 19.9 Å². The maximum atomic E-state index is 12.6. The first kappa shape index (κ1) is 16.3. The van der Waals surface area contributed by atoms with Crippen molar-refractivity contribution >= 4 is 28.4 Å². The molecular weight excluding hydrogens is 328 g/mol. The van der Waals surface area contributed by atoms with Crippen LogP contribution in [0.3, 0.4) is 0 Å². The maximum absolute atomic E-state index is 12.6. The fourth-order valence-corrected chi connectivity index (χ4v) is 3.39. The Bertz CT molecular complexity index is 994. The highest BCUT2D eigenvalue weighted by Crippen LogP contribution is 2.30. The molecule has 0 bridgehead atoms. The summed E-state index contributed by atoms with van der Waals surface area (Å²) in [7, 11) is 0. The van der Waals surface area contributed by atoms with Crippen LogP contribution in [0, 0.1) is 5.92 Å². The topological polar surface area (TPSA) is 76.0 Å². The lowest BCUT2D eigenvalue weighted by Gasteiger charge is -2.20. The Hall–Kier alpha value is -3.15. The van der Waals surface area contributed by atoms with Crippen LogP contribution in [0.1, 0.15) is 40.7 Å². The van der Waals surface area contributed by atoms with E-state index in [1.54, 1.807) is 30.6 Å². The lowest BCUT2D eigenvalue weighted by molar-refractivity contribution is 0.0948. The van der Waals surface area contributed by atoms with E-state index >= 15 is 0 Å². The summed E-state index contributed by atoms with van der Waals surface area (Å²) in [6, 6.07) is 11.1. The fraction of sp³-hybridized carbons (Fsp3) is 0.250. The summed E-state index contributed by atoms with van der Waals surface area (Å²) >= 11 is 0. The van der Waals surface area contributed by atoms with Gasteiger partial charge in [-0.05, 0) is 43.2 Å². The number of pyridine rings is 1. The minimum absolute atomic E-state index is 0.0706. The standard InChI is InChI=1S/C20H20N4O2/c1-12-10-22-20(26)18-8-14-5-6-15(9-17(14)24(18)13(12)2)19(25)23-16-4-3-7-21-11-16/h3-9,11-13H,10H2,1-2H3,(H,22,26)(H,23,25)/t12-,13?/m1/s1. The molecule has 6 heteroatoms. The van der Waals surface area contributed by atoms with Crippen LogP contribution in [-0.4, -0.2) is 27.9 Å². The Morgan fingerprint density at radius 1 is 1.27 bits per heavy atom. The van der Waals surface area contributed by atoms with Crippen LogP contribution in [0.4, 0.5) is 5.69 Å². The Balaban J connectivity index is 1.76. The first-order valence-corrected chi connectivity index (χ1v) is 8.69. The largest absolute Gasteiger partial charge is 0.350 e. The van der Waals surface area contributed by atoms with E-state index in [2.05, 4.69) is 29.5 Å². The maximum Gasteiger partial charge on any atom is 0.267 e. The number of nitrogens with one attached hydrogen (secondary N) is 2. The lowest BCUT2D eigenvalue weighted by Crippen LogP contribution is -2.26. The summed E-state index contributed by atoms with van der Waals surface area (Å²) in [6.07, 6.45) is 3.26. The van der Waals surface area contributed by atoms with Crippen molar-refractivity contribution in [1.29, 1.82) is 0 Å². The van der Waals surface area contributed by atoms with E-state index in [9.17, 15) is 9.59 Å². The number of rotatable bonds is 2. The van der Waals surface area contributed by atoms with Crippen LogP contribution >= 0.6 is 0 Å². The predicted octanol–water partition coefficient (Wildman–Crippen LogP) is 3.23. The first-order valence-electron chi connectivity index (χ1n) is 8.69. The van der Waals surface area contributed by atoms with Gasteiger partial charge in [0.05, 0.1) is 11.9 Å². The van der Waals surface area contributed by atoms with E-state index in [4.69, 9.17) is 0 Å². The number of hydrogen-bond donors (Lipinski definition) is 2. The number of hydrogen-bond acceptors (Lipinski definition) is 3. The molecule has 0 spiro atoms. The van der Waals surface area contributed by atoms with Crippen LogP contribution in [0.5, 0.6) is 0 Å². The molecule has 1 unspecified atom stereocenters. The Morgan fingerprint density at radius 2 is 2.12 bits per heavy atom. The fourth-order valence-electron chi connectivity index (χ4n) is 3.39. The second-order valence-corrected chi connectivity index (χ2v) is 6.80. The number of amides is 2. The highest BCUT2D eigenvalue weighted by atomic mass is 16.2. The van der Waals surface area contributed by atoms with Crippen LogP contribution in [0.25, 0.3) is 10.9 Å². The molecule has 2 aromatic heterocycles. The summed E-state index contributed by atoms with van der Waals surface area (Å²) in [6.45, 7) is 4.87. The minimum Gasteiger partial charge on any atom is -0.350 e. The average Bonchev–Trinajstić information content (AvgIpc) is 3.00. The summed E-state index contributed by atoms with van der Waals surface area (Å²) < 4.78 is 2.04. The molecule has 26 heavy (non-hydrogen) atoms. The normalized spacial score (nSPS) is 19.5. The number of benzene rings is 1. The van der Waals surface area contributed by atoms with E-state index in [-0.39, 0.29) is 17.9 Å². The molecule has 1 aliphatic rings. The Kier molecular flexibility index (Phi) is 3.95. The smallest absolute Gasteiger partial charge is 0.267 e. The molecule has 2 atom stereocenters. The zero-order valence-electron chi connectivity index (χ0n) is 14.7. The van der Waals surface area contributed by atoms with E-state index in [1.807, 2.05) is 22.8 Å². The van der Waals surface area contributed by atoms with E-state index in [1.165, 1.54) is 0 Å². The van der Waals surface area contributed by atoms with E-state index in [0.29, 0.717) is 29.4 Å². The van der Waals surface area contributed by atoms with Crippen LogP contribution in [0.2, 0.25) is 0 Å². The van der Waals surface area contributed by atoms with Gasteiger partial charge in [-0.1, -0.05) is 13.0 Å². The zero-order chi connectivity index (χ0) is 18.3. The van der Waals surface area contributed by atoms with Crippen molar-refractivity contribution in [2.75, 3.05) is 11.9 Å². The molecule has 0 fully saturated rings. The summed E-state index contributed by atoms with van der Waals surface area (Å²) in [4.78, 5) is 29.0. The van der Waals surface area contributed by atoms with Crippen molar-refractivity contribution < 1.29 is 9.59 Å². The first-order chi connectivity index (χ1) is 12.5. The highest BCUT2D eigenvalue weighted by Gasteiger charge is 2.27. The molecule has 6 nitrogen and oxygen atoms in total. The molecule has 0 radical (unpaired) electrons. The van der Waals surface area contributed by atoms with Crippen LogP contribution in [-0.2, 0) is 0 Å². The van der Waals surface area contributed by atoms with Crippen molar-refractivity contribution in [3.8, 4) is 0 Å². The van der Waals surface area contributed by atoms with Gasteiger partial charge in [-0.25, -0.2) is 0 Å². The van der Waals surface area contributed by atoms with Gasteiger partial charge in [-0.15, -0.1) is 0 Å². The minimum atomic E-state index is -0.200. The molecular formula is C20H20N4O2. The molecule has 0 aliphatic carbocycles. The van der Waals surface area contributed by atoms with Gasteiger partial charge in [0, 0.05) is 35.2 Å². The number of fused-ring (bicyclic) bond motifs is 3. The van der Waals surface area contributed by atoms with Gasteiger partial charge < -0.3 is 15.2 Å². The van der Waals surface area contributed by atoms with Gasteiger partial charge in [-0.2, -0.15) is 0 Å². The van der Waals surface area contributed by atoms with Gasteiger partial charge in [0.25, 0.3) is 11.8 Å². The number of carbonyl (C=O) groups is 2. The van der Waals surface area contributed by atoms with Gasteiger partial charge in [-0.3, -0.25) is 14.6 Å². The number of anilines is 1. The van der Waals surface area contributed by atoms with Crippen molar-refractivity contribution in [1.82, 2.24) is 14.9 Å². The number of aromatic nitrogens is 2. The molecule has 1 aromatic carbocycles. The third-order valence-corrected chi connectivity index (χ3v) is 5.07. The predicted molar refractivity (Wildman–Crippen MR) is 100 cm³/mol. The summed E-state index contributed by atoms with van der Waals surface area (Å²) in [5.74, 6) is 0.0247. The Morgan fingerprint density at radius 3 is 2.88 bits per heavy atom. The van der Waals surface area contributed by atoms with Gasteiger partial charge in [0.2, 0.25) is 0 Å². The molecule has 132 valence electrons. The molecule has 3 heterocycles. The van der Waals surface area contributed by atoms with Crippen LogP contribution < -0.4 is 10.6 Å². The lowest BCUT2D eigenvalue weighted by atomic mass is 10.0. The van der Waals surface area contributed by atoms with E-state index < -0.39 is 0 Å². The third-order valence-electron chi connectivity index (χ3n) is 5.07. The van der Waals surface area contributed by atoms with Gasteiger partial charge >= 0.3 is 0 Å². The van der Waals surface area contributed by atoms with Crippen molar-refractivity contribution in [3.63, 3.8) is 0 Å². The molecule has 2 N–H and O–H groups in total. The van der Waals surface area contributed by atoms with Crippen LogP contribution in [0.15, 0.2) is 48.8 Å². The number of nitrogens with zero attached hydrogens (tertiary/aromatic N) is 2. The summed E-state index contributed by atoms with van der Waals surface area (Å²) in [5.41, 5.74) is 2.73. The molecule has 0 saturated heterocycles. The average molecular weight is 348 g/mol. The molecule has 3 aromatic rings.